The quantitative estimate of drug-likeness (QED) is 0.689. The Kier molecular flexibility index (Phi) is 2.80. The summed E-state index contributed by atoms with van der Waals surface area (Å²) in [5, 5.41) is 18.4. The van der Waals surface area contributed by atoms with Crippen LogP contribution in [-0.4, -0.2) is 22.2 Å². The van der Waals surface area contributed by atoms with E-state index < -0.39 is 7.12 Å². The van der Waals surface area contributed by atoms with Gasteiger partial charge in [0.25, 0.3) is 0 Å². The van der Waals surface area contributed by atoms with Crippen LogP contribution in [-0.2, 0) is 0 Å². The number of nitrogens with zero attached hydrogens (tertiary/aromatic N) is 1. The molecule has 0 fully saturated rings. The Bertz CT molecular complexity index is 445. The molecule has 0 atom stereocenters. The molecule has 0 spiro atoms. The third-order valence-corrected chi connectivity index (χ3v) is 2.22. The van der Waals surface area contributed by atoms with Crippen LogP contribution in [0.15, 0.2) is 48.8 Å². The van der Waals surface area contributed by atoms with Gasteiger partial charge in [0.05, 0.1) is 0 Å². The lowest BCUT2D eigenvalue weighted by molar-refractivity contribution is 0.426. The molecule has 2 rings (SSSR count). The maximum absolute atomic E-state index is 9.19. The number of rotatable bonds is 2. The van der Waals surface area contributed by atoms with Crippen molar-refractivity contribution in [3.8, 4) is 11.1 Å². The van der Waals surface area contributed by atoms with Gasteiger partial charge in [-0.05, 0) is 22.7 Å². The lowest BCUT2D eigenvalue weighted by Crippen LogP contribution is -2.31. The lowest BCUT2D eigenvalue weighted by atomic mass is 9.76. The van der Waals surface area contributed by atoms with Gasteiger partial charge in [-0.1, -0.05) is 30.3 Å². The molecule has 1 aromatic carbocycles. The molecule has 0 bridgehead atoms. The highest BCUT2D eigenvalue weighted by atomic mass is 16.4. The minimum atomic E-state index is -1.47. The first-order valence-corrected chi connectivity index (χ1v) is 4.64. The summed E-state index contributed by atoms with van der Waals surface area (Å²) in [5.41, 5.74) is 2.14. The Labute approximate surface area is 88.2 Å². The minimum absolute atomic E-state index is 0.469. The van der Waals surface area contributed by atoms with E-state index in [0.29, 0.717) is 5.46 Å². The van der Waals surface area contributed by atoms with Crippen molar-refractivity contribution in [2.24, 2.45) is 0 Å². The Balaban J connectivity index is 2.53. The van der Waals surface area contributed by atoms with Gasteiger partial charge in [-0.15, -0.1) is 0 Å². The van der Waals surface area contributed by atoms with Crippen LogP contribution in [0.4, 0.5) is 0 Å². The van der Waals surface area contributed by atoms with Crippen molar-refractivity contribution < 1.29 is 10.0 Å². The highest BCUT2D eigenvalue weighted by Crippen LogP contribution is 2.15. The highest BCUT2D eigenvalue weighted by molar-refractivity contribution is 6.60. The molecule has 0 aliphatic carbocycles. The molecule has 15 heavy (non-hydrogen) atoms. The average molecular weight is 199 g/mol. The van der Waals surface area contributed by atoms with E-state index in [1.807, 2.05) is 30.3 Å². The summed E-state index contributed by atoms with van der Waals surface area (Å²) in [6.07, 6.45) is 3.17. The van der Waals surface area contributed by atoms with Crippen LogP contribution in [0, 0.1) is 0 Å². The maximum atomic E-state index is 9.19. The fourth-order valence-corrected chi connectivity index (χ4v) is 1.49. The van der Waals surface area contributed by atoms with E-state index in [9.17, 15) is 10.0 Å². The first kappa shape index (κ1) is 9.89. The molecule has 3 nitrogen and oxygen atoms in total. The van der Waals surface area contributed by atoms with Gasteiger partial charge in [0, 0.05) is 12.4 Å². The normalized spacial score (nSPS) is 10.0. The summed E-state index contributed by atoms with van der Waals surface area (Å²) in [6.45, 7) is 0. The molecule has 1 heterocycles. The van der Waals surface area contributed by atoms with Crippen molar-refractivity contribution in [2.45, 2.75) is 0 Å². The third kappa shape index (κ3) is 2.06. The first-order valence-electron chi connectivity index (χ1n) is 4.64. The van der Waals surface area contributed by atoms with Gasteiger partial charge >= 0.3 is 7.12 Å². The maximum Gasteiger partial charge on any atom is 0.489 e. The SMILES string of the molecule is OB(O)c1ccncc1-c1ccccc1. The standard InChI is InChI=1S/C11H10BNO2/c14-12(15)11-6-7-13-8-10(11)9-4-2-1-3-5-9/h1-8,14-15H. The summed E-state index contributed by atoms with van der Waals surface area (Å²) in [7, 11) is -1.47. The van der Waals surface area contributed by atoms with Gasteiger partial charge in [-0.3, -0.25) is 4.98 Å². The van der Waals surface area contributed by atoms with Crippen LogP contribution in [0.5, 0.6) is 0 Å². The molecular formula is C11H10BNO2. The van der Waals surface area contributed by atoms with Crippen LogP contribution in [0.2, 0.25) is 0 Å². The van der Waals surface area contributed by atoms with Gasteiger partial charge < -0.3 is 10.0 Å². The summed E-state index contributed by atoms with van der Waals surface area (Å²) >= 11 is 0. The monoisotopic (exact) mass is 199 g/mol. The molecule has 0 radical (unpaired) electrons. The van der Waals surface area contributed by atoms with E-state index in [1.54, 1.807) is 18.5 Å². The van der Waals surface area contributed by atoms with E-state index in [0.717, 1.165) is 11.1 Å². The molecule has 1 aromatic heterocycles. The molecule has 2 aromatic rings. The van der Waals surface area contributed by atoms with E-state index in [2.05, 4.69) is 4.98 Å². The van der Waals surface area contributed by atoms with Crippen LogP contribution in [0.25, 0.3) is 11.1 Å². The zero-order chi connectivity index (χ0) is 10.7. The second-order valence-electron chi connectivity index (χ2n) is 3.20. The molecule has 0 amide bonds. The van der Waals surface area contributed by atoms with Crippen molar-refractivity contribution in [3.63, 3.8) is 0 Å². The van der Waals surface area contributed by atoms with E-state index in [-0.39, 0.29) is 0 Å². The first-order chi connectivity index (χ1) is 7.29. The Morgan fingerprint density at radius 3 is 2.40 bits per heavy atom. The van der Waals surface area contributed by atoms with Crippen molar-refractivity contribution in [1.29, 1.82) is 0 Å². The number of hydrogen-bond donors (Lipinski definition) is 2. The number of benzene rings is 1. The molecule has 0 aliphatic rings. The Hall–Kier alpha value is -1.65. The van der Waals surface area contributed by atoms with E-state index in [1.165, 1.54) is 0 Å². The van der Waals surface area contributed by atoms with Crippen LogP contribution >= 0.6 is 0 Å². The molecule has 2 N–H and O–H groups in total. The molecule has 0 unspecified atom stereocenters. The average Bonchev–Trinajstić information content (AvgIpc) is 2.30. The van der Waals surface area contributed by atoms with Crippen molar-refractivity contribution in [2.75, 3.05) is 0 Å². The van der Waals surface area contributed by atoms with Crippen molar-refractivity contribution in [3.05, 3.63) is 48.8 Å². The van der Waals surface area contributed by atoms with Crippen molar-refractivity contribution in [1.82, 2.24) is 4.98 Å². The number of aromatic nitrogens is 1. The largest absolute Gasteiger partial charge is 0.489 e. The lowest BCUT2D eigenvalue weighted by Gasteiger charge is -2.07. The second-order valence-corrected chi connectivity index (χ2v) is 3.20. The van der Waals surface area contributed by atoms with Gasteiger partial charge in [-0.2, -0.15) is 0 Å². The summed E-state index contributed by atoms with van der Waals surface area (Å²) in [4.78, 5) is 3.98. The van der Waals surface area contributed by atoms with E-state index in [4.69, 9.17) is 0 Å². The predicted octanol–water partition coefficient (Wildman–Crippen LogP) is 0.428. The van der Waals surface area contributed by atoms with Crippen molar-refractivity contribution >= 4 is 12.6 Å². The second kappa shape index (κ2) is 4.25. The van der Waals surface area contributed by atoms with Gasteiger partial charge in [-0.25, -0.2) is 0 Å². The van der Waals surface area contributed by atoms with Gasteiger partial charge in [0.1, 0.15) is 0 Å². The number of hydrogen-bond acceptors (Lipinski definition) is 3. The summed E-state index contributed by atoms with van der Waals surface area (Å²) in [5.74, 6) is 0. The topological polar surface area (TPSA) is 53.4 Å². The molecule has 74 valence electrons. The van der Waals surface area contributed by atoms with E-state index >= 15 is 0 Å². The molecule has 4 heteroatoms. The highest BCUT2D eigenvalue weighted by Gasteiger charge is 2.16. The van der Waals surface area contributed by atoms with Crippen LogP contribution in [0.3, 0.4) is 0 Å². The summed E-state index contributed by atoms with van der Waals surface area (Å²) < 4.78 is 0. The van der Waals surface area contributed by atoms with Gasteiger partial charge in [0.2, 0.25) is 0 Å². The minimum Gasteiger partial charge on any atom is -0.423 e. The Morgan fingerprint density at radius 1 is 1.00 bits per heavy atom. The number of pyridine rings is 1. The fourth-order valence-electron chi connectivity index (χ4n) is 1.49. The zero-order valence-electron chi connectivity index (χ0n) is 8.04. The van der Waals surface area contributed by atoms with Gasteiger partial charge in [0.15, 0.2) is 0 Å². The molecule has 0 saturated carbocycles. The predicted molar refractivity (Wildman–Crippen MR) is 59.5 cm³/mol. The zero-order valence-corrected chi connectivity index (χ0v) is 8.04. The molecular weight excluding hydrogens is 189 g/mol. The smallest absolute Gasteiger partial charge is 0.423 e. The Morgan fingerprint density at radius 2 is 1.73 bits per heavy atom. The molecule has 0 aliphatic heterocycles. The third-order valence-electron chi connectivity index (χ3n) is 2.22. The fraction of sp³-hybridized carbons (Fsp3) is 0. The van der Waals surface area contributed by atoms with Crippen LogP contribution in [0.1, 0.15) is 0 Å². The van der Waals surface area contributed by atoms with Crippen LogP contribution < -0.4 is 5.46 Å². The summed E-state index contributed by atoms with van der Waals surface area (Å²) in [6, 6.07) is 11.1. The molecule has 0 saturated heterocycles.